The van der Waals surface area contributed by atoms with E-state index in [4.69, 9.17) is 0 Å². The van der Waals surface area contributed by atoms with Gasteiger partial charge in [-0.1, -0.05) is 25.1 Å². The molecular formula is C18H14F2N4. The van der Waals surface area contributed by atoms with Gasteiger partial charge in [0.25, 0.3) is 0 Å². The van der Waals surface area contributed by atoms with Crippen LogP contribution in [0.5, 0.6) is 0 Å². The Balaban J connectivity index is 2.00. The topological polar surface area (TPSA) is 61.6 Å². The van der Waals surface area contributed by atoms with E-state index in [9.17, 15) is 14.0 Å². The minimum absolute atomic E-state index is 0.339. The average molecular weight is 324 g/mol. The molecule has 1 N–H and O–H groups in total. The summed E-state index contributed by atoms with van der Waals surface area (Å²) in [5, 5.41) is 13.4. The summed E-state index contributed by atoms with van der Waals surface area (Å²) >= 11 is 0. The summed E-state index contributed by atoms with van der Waals surface area (Å²) in [6.07, 6.45) is 1.87. The highest BCUT2D eigenvalue weighted by molar-refractivity contribution is 5.82. The SMILES string of the molecule is CCC(Nc1nc2ccccc2cc1C#N)c1cnc(F)c(F)c1. The number of benzene rings is 1. The van der Waals surface area contributed by atoms with E-state index in [1.165, 1.54) is 6.20 Å². The molecule has 6 heteroatoms. The van der Waals surface area contributed by atoms with Gasteiger partial charge in [0.05, 0.1) is 17.1 Å². The second-order valence-electron chi connectivity index (χ2n) is 5.34. The molecule has 0 aliphatic carbocycles. The zero-order chi connectivity index (χ0) is 17.1. The van der Waals surface area contributed by atoms with Gasteiger partial charge >= 0.3 is 0 Å². The predicted molar refractivity (Wildman–Crippen MR) is 87.3 cm³/mol. The molecule has 1 unspecified atom stereocenters. The monoisotopic (exact) mass is 324 g/mol. The third-order valence-electron chi connectivity index (χ3n) is 3.78. The number of para-hydroxylation sites is 1. The summed E-state index contributed by atoms with van der Waals surface area (Å²) in [6.45, 7) is 1.89. The van der Waals surface area contributed by atoms with Crippen LogP contribution in [-0.2, 0) is 0 Å². The summed E-state index contributed by atoms with van der Waals surface area (Å²) in [7, 11) is 0. The van der Waals surface area contributed by atoms with Gasteiger partial charge in [-0.2, -0.15) is 9.65 Å². The number of fused-ring (bicyclic) bond motifs is 1. The number of halogens is 2. The lowest BCUT2D eigenvalue weighted by atomic mass is 10.1. The molecule has 0 fully saturated rings. The van der Waals surface area contributed by atoms with Crippen molar-refractivity contribution in [2.24, 2.45) is 0 Å². The van der Waals surface area contributed by atoms with Gasteiger partial charge in [-0.25, -0.2) is 14.4 Å². The number of hydrogen-bond donors (Lipinski definition) is 1. The van der Waals surface area contributed by atoms with Crippen LogP contribution in [0.15, 0.2) is 42.6 Å². The summed E-state index contributed by atoms with van der Waals surface area (Å²) in [4.78, 5) is 7.89. The molecule has 2 heterocycles. The molecule has 2 aromatic heterocycles. The first-order valence-corrected chi connectivity index (χ1v) is 7.49. The molecule has 0 saturated carbocycles. The van der Waals surface area contributed by atoms with Crippen LogP contribution in [0.2, 0.25) is 0 Å². The molecule has 0 radical (unpaired) electrons. The van der Waals surface area contributed by atoms with Gasteiger partial charge in [0, 0.05) is 11.6 Å². The molecule has 1 atom stereocenters. The largest absolute Gasteiger partial charge is 0.362 e. The summed E-state index contributed by atoms with van der Waals surface area (Å²) in [5.74, 6) is -1.72. The third-order valence-corrected chi connectivity index (χ3v) is 3.78. The molecule has 0 amide bonds. The predicted octanol–water partition coefficient (Wildman–Crippen LogP) is 4.34. The van der Waals surface area contributed by atoms with E-state index in [1.54, 1.807) is 6.07 Å². The summed E-state index contributed by atoms with van der Waals surface area (Å²) in [6, 6.07) is 12.1. The summed E-state index contributed by atoms with van der Waals surface area (Å²) < 4.78 is 26.5. The van der Waals surface area contributed by atoms with Crippen LogP contribution in [0.1, 0.15) is 30.5 Å². The molecule has 0 spiro atoms. The number of nitriles is 1. The average Bonchev–Trinajstić information content (AvgIpc) is 2.61. The van der Waals surface area contributed by atoms with E-state index in [1.807, 2.05) is 31.2 Å². The fraction of sp³-hybridized carbons (Fsp3) is 0.167. The van der Waals surface area contributed by atoms with Crippen molar-refractivity contribution in [1.29, 1.82) is 5.26 Å². The van der Waals surface area contributed by atoms with Gasteiger partial charge in [0.1, 0.15) is 11.9 Å². The lowest BCUT2D eigenvalue weighted by Crippen LogP contribution is -2.13. The molecule has 0 aliphatic rings. The minimum Gasteiger partial charge on any atom is -0.362 e. The minimum atomic E-state index is -1.13. The van der Waals surface area contributed by atoms with E-state index < -0.39 is 11.8 Å². The Morgan fingerprint density at radius 1 is 1.25 bits per heavy atom. The Morgan fingerprint density at radius 2 is 2.04 bits per heavy atom. The highest BCUT2D eigenvalue weighted by atomic mass is 19.2. The smallest absolute Gasteiger partial charge is 0.248 e. The Labute approximate surface area is 137 Å². The zero-order valence-electron chi connectivity index (χ0n) is 12.9. The lowest BCUT2D eigenvalue weighted by Gasteiger charge is -2.19. The van der Waals surface area contributed by atoms with Crippen LogP contribution in [0.3, 0.4) is 0 Å². The zero-order valence-corrected chi connectivity index (χ0v) is 12.9. The standard InChI is InChI=1S/C18H14F2N4/c1-2-15(13-8-14(19)17(20)22-10-13)23-18-12(9-21)7-11-5-3-4-6-16(11)24-18/h3-8,10,15H,2H2,1H3,(H,23,24). The molecule has 4 nitrogen and oxygen atoms in total. The third kappa shape index (κ3) is 3.01. The van der Waals surface area contributed by atoms with Crippen LogP contribution in [-0.4, -0.2) is 9.97 Å². The first kappa shape index (κ1) is 15.8. The molecule has 120 valence electrons. The van der Waals surface area contributed by atoms with E-state index in [0.29, 0.717) is 23.4 Å². The van der Waals surface area contributed by atoms with E-state index in [2.05, 4.69) is 21.4 Å². The maximum absolute atomic E-state index is 13.4. The van der Waals surface area contributed by atoms with Crippen molar-refractivity contribution >= 4 is 16.7 Å². The van der Waals surface area contributed by atoms with Crippen molar-refractivity contribution in [3.8, 4) is 6.07 Å². The second-order valence-corrected chi connectivity index (χ2v) is 5.34. The number of nitrogens with zero attached hydrogens (tertiary/aromatic N) is 3. The van der Waals surface area contributed by atoms with Gasteiger partial charge in [0.15, 0.2) is 5.82 Å². The normalized spacial score (nSPS) is 11.9. The van der Waals surface area contributed by atoms with Crippen LogP contribution in [0.25, 0.3) is 10.9 Å². The number of anilines is 1. The number of rotatable bonds is 4. The van der Waals surface area contributed by atoms with Crippen molar-refractivity contribution in [2.45, 2.75) is 19.4 Å². The van der Waals surface area contributed by atoms with Crippen molar-refractivity contribution in [1.82, 2.24) is 9.97 Å². The Kier molecular flexibility index (Phi) is 4.34. The molecule has 3 aromatic rings. The van der Waals surface area contributed by atoms with Gasteiger partial charge < -0.3 is 5.32 Å². The fourth-order valence-electron chi connectivity index (χ4n) is 2.52. The van der Waals surface area contributed by atoms with Crippen molar-refractivity contribution in [2.75, 3.05) is 5.32 Å². The van der Waals surface area contributed by atoms with E-state index >= 15 is 0 Å². The van der Waals surface area contributed by atoms with Gasteiger partial charge in [-0.05, 0) is 30.2 Å². The fourth-order valence-corrected chi connectivity index (χ4v) is 2.52. The molecule has 0 aliphatic heterocycles. The van der Waals surface area contributed by atoms with E-state index in [0.717, 1.165) is 17.0 Å². The van der Waals surface area contributed by atoms with Gasteiger partial charge in [0.2, 0.25) is 5.95 Å². The maximum Gasteiger partial charge on any atom is 0.248 e. The van der Waals surface area contributed by atoms with Gasteiger partial charge in [-0.3, -0.25) is 0 Å². The highest BCUT2D eigenvalue weighted by Gasteiger charge is 2.16. The Hall–Kier alpha value is -3.07. The maximum atomic E-state index is 13.4. The molecule has 0 bridgehead atoms. The van der Waals surface area contributed by atoms with Crippen LogP contribution >= 0.6 is 0 Å². The molecule has 24 heavy (non-hydrogen) atoms. The van der Waals surface area contributed by atoms with Crippen molar-refractivity contribution < 1.29 is 8.78 Å². The summed E-state index contributed by atoms with van der Waals surface area (Å²) in [5.41, 5.74) is 1.63. The number of pyridine rings is 2. The van der Waals surface area contributed by atoms with Crippen LogP contribution < -0.4 is 5.32 Å². The number of hydrogen-bond acceptors (Lipinski definition) is 4. The first-order valence-electron chi connectivity index (χ1n) is 7.49. The van der Waals surface area contributed by atoms with Crippen molar-refractivity contribution in [3.05, 3.63) is 65.5 Å². The Bertz CT molecular complexity index is 934. The lowest BCUT2D eigenvalue weighted by molar-refractivity contribution is 0.475. The highest BCUT2D eigenvalue weighted by Crippen LogP contribution is 2.26. The van der Waals surface area contributed by atoms with Crippen LogP contribution in [0, 0.1) is 23.1 Å². The Morgan fingerprint density at radius 3 is 2.75 bits per heavy atom. The number of aromatic nitrogens is 2. The molecule has 1 aromatic carbocycles. The first-order chi connectivity index (χ1) is 11.6. The molecular weight excluding hydrogens is 310 g/mol. The van der Waals surface area contributed by atoms with Crippen LogP contribution in [0.4, 0.5) is 14.6 Å². The van der Waals surface area contributed by atoms with Gasteiger partial charge in [-0.15, -0.1) is 0 Å². The molecule has 3 rings (SSSR count). The second kappa shape index (κ2) is 6.59. The molecule has 0 saturated heterocycles. The number of nitrogens with one attached hydrogen (secondary N) is 1. The van der Waals surface area contributed by atoms with Crippen molar-refractivity contribution in [3.63, 3.8) is 0 Å². The quantitative estimate of drug-likeness (QED) is 0.725. The van der Waals surface area contributed by atoms with E-state index in [-0.39, 0.29) is 6.04 Å².